The van der Waals surface area contributed by atoms with Crippen molar-refractivity contribution in [1.29, 1.82) is 0 Å². The molecular formula is C18H21N5O. The normalized spacial score (nSPS) is 11.8. The van der Waals surface area contributed by atoms with Crippen LogP contribution in [-0.4, -0.2) is 20.7 Å². The van der Waals surface area contributed by atoms with Gasteiger partial charge in [0, 0.05) is 17.1 Å². The molecule has 124 valence electrons. The van der Waals surface area contributed by atoms with Gasteiger partial charge in [0.1, 0.15) is 17.1 Å². The standard InChI is InChI=1S/C18H21N5O/c1-10-5-6-11-8-12(9-21-13(11)7-10)15-14(17(20)24)16(19)23(22-15)18(2,3)4/h5-9H,19H2,1-4H3,(H2,20,24). The maximum absolute atomic E-state index is 11.9. The Kier molecular flexibility index (Phi) is 3.55. The van der Waals surface area contributed by atoms with E-state index < -0.39 is 5.91 Å². The lowest BCUT2D eigenvalue weighted by Gasteiger charge is -2.20. The first kappa shape index (κ1) is 16.0. The number of hydrogen-bond acceptors (Lipinski definition) is 4. The Hall–Kier alpha value is -2.89. The van der Waals surface area contributed by atoms with E-state index in [4.69, 9.17) is 11.5 Å². The molecule has 0 fully saturated rings. The second-order valence-electron chi connectivity index (χ2n) is 6.98. The van der Waals surface area contributed by atoms with Crippen molar-refractivity contribution in [2.45, 2.75) is 33.2 Å². The van der Waals surface area contributed by atoms with Gasteiger partial charge in [0.25, 0.3) is 5.91 Å². The molecule has 6 nitrogen and oxygen atoms in total. The number of primary amides is 1. The van der Waals surface area contributed by atoms with Gasteiger partial charge in [-0.3, -0.25) is 9.78 Å². The average molecular weight is 323 g/mol. The minimum absolute atomic E-state index is 0.234. The van der Waals surface area contributed by atoms with E-state index in [-0.39, 0.29) is 16.9 Å². The van der Waals surface area contributed by atoms with Crippen LogP contribution in [0.15, 0.2) is 30.5 Å². The van der Waals surface area contributed by atoms with Crippen molar-refractivity contribution in [3.63, 3.8) is 0 Å². The van der Waals surface area contributed by atoms with Gasteiger partial charge in [-0.1, -0.05) is 12.1 Å². The summed E-state index contributed by atoms with van der Waals surface area (Å²) in [5.74, 6) is -0.323. The van der Waals surface area contributed by atoms with E-state index in [1.807, 2.05) is 52.0 Å². The number of fused-ring (bicyclic) bond motifs is 1. The number of carbonyl (C=O) groups excluding carboxylic acids is 1. The maximum atomic E-state index is 11.9. The number of aromatic nitrogens is 3. The molecule has 3 rings (SSSR count). The zero-order chi connectivity index (χ0) is 17.6. The van der Waals surface area contributed by atoms with Gasteiger partial charge in [-0.05, 0) is 45.4 Å². The Balaban J connectivity index is 2.25. The smallest absolute Gasteiger partial charge is 0.254 e. The molecule has 2 aromatic heterocycles. The van der Waals surface area contributed by atoms with Crippen molar-refractivity contribution in [3.8, 4) is 11.3 Å². The summed E-state index contributed by atoms with van der Waals surface area (Å²) in [6, 6.07) is 7.97. The molecule has 24 heavy (non-hydrogen) atoms. The fraction of sp³-hybridized carbons (Fsp3) is 0.278. The highest BCUT2D eigenvalue weighted by molar-refractivity contribution is 6.03. The summed E-state index contributed by atoms with van der Waals surface area (Å²) in [4.78, 5) is 16.4. The zero-order valence-corrected chi connectivity index (χ0v) is 14.3. The summed E-state index contributed by atoms with van der Waals surface area (Å²) in [5.41, 5.74) is 14.8. The van der Waals surface area contributed by atoms with Gasteiger partial charge in [-0.25, -0.2) is 4.68 Å². The highest BCUT2D eigenvalue weighted by atomic mass is 16.1. The first-order valence-corrected chi connectivity index (χ1v) is 7.74. The van der Waals surface area contributed by atoms with E-state index in [0.717, 1.165) is 22.0 Å². The summed E-state index contributed by atoms with van der Waals surface area (Å²) in [6.07, 6.45) is 1.70. The van der Waals surface area contributed by atoms with Gasteiger partial charge < -0.3 is 11.5 Å². The molecule has 0 bridgehead atoms. The number of nitrogen functional groups attached to an aromatic ring is 1. The van der Waals surface area contributed by atoms with Crippen molar-refractivity contribution >= 4 is 22.6 Å². The fourth-order valence-corrected chi connectivity index (χ4v) is 2.75. The highest BCUT2D eigenvalue weighted by Gasteiger charge is 2.27. The second kappa shape index (κ2) is 5.33. The van der Waals surface area contributed by atoms with E-state index in [9.17, 15) is 4.79 Å². The van der Waals surface area contributed by atoms with Crippen molar-refractivity contribution in [2.24, 2.45) is 5.73 Å². The van der Waals surface area contributed by atoms with Crippen LogP contribution >= 0.6 is 0 Å². The first-order chi connectivity index (χ1) is 11.2. The minimum Gasteiger partial charge on any atom is -0.383 e. The van der Waals surface area contributed by atoms with Crippen LogP contribution in [0, 0.1) is 6.92 Å². The average Bonchev–Trinajstić information content (AvgIpc) is 2.84. The molecule has 0 radical (unpaired) electrons. The number of anilines is 1. The van der Waals surface area contributed by atoms with Crippen LogP contribution in [0.25, 0.3) is 22.2 Å². The Morgan fingerprint density at radius 3 is 2.54 bits per heavy atom. The van der Waals surface area contributed by atoms with E-state index in [1.165, 1.54) is 0 Å². The Morgan fingerprint density at radius 1 is 1.21 bits per heavy atom. The summed E-state index contributed by atoms with van der Waals surface area (Å²) in [6.45, 7) is 7.91. The number of nitrogens with two attached hydrogens (primary N) is 2. The predicted molar refractivity (Wildman–Crippen MR) is 95.6 cm³/mol. The quantitative estimate of drug-likeness (QED) is 0.757. The van der Waals surface area contributed by atoms with Crippen molar-refractivity contribution < 1.29 is 4.79 Å². The Labute approximate surface area is 140 Å². The third-order valence-electron chi connectivity index (χ3n) is 3.92. The van der Waals surface area contributed by atoms with E-state index in [2.05, 4.69) is 10.1 Å². The van der Waals surface area contributed by atoms with Gasteiger partial charge in [-0.15, -0.1) is 0 Å². The molecule has 4 N–H and O–H groups in total. The molecule has 0 aliphatic rings. The number of amides is 1. The van der Waals surface area contributed by atoms with Gasteiger partial charge in [0.15, 0.2) is 0 Å². The summed E-state index contributed by atoms with van der Waals surface area (Å²) in [5, 5.41) is 5.52. The molecule has 0 unspecified atom stereocenters. The van der Waals surface area contributed by atoms with Gasteiger partial charge in [0.05, 0.1) is 11.1 Å². The summed E-state index contributed by atoms with van der Waals surface area (Å²) < 4.78 is 1.63. The van der Waals surface area contributed by atoms with Gasteiger partial charge in [0.2, 0.25) is 0 Å². The number of benzene rings is 1. The van der Waals surface area contributed by atoms with E-state index >= 15 is 0 Å². The molecule has 3 aromatic rings. The first-order valence-electron chi connectivity index (χ1n) is 7.74. The third kappa shape index (κ3) is 2.60. The molecule has 0 atom stereocenters. The number of rotatable bonds is 2. The summed E-state index contributed by atoms with van der Waals surface area (Å²) >= 11 is 0. The highest BCUT2D eigenvalue weighted by Crippen LogP contribution is 2.31. The SMILES string of the molecule is Cc1ccc2cc(-c3nn(C(C)(C)C)c(N)c3C(N)=O)cnc2c1. The topological polar surface area (TPSA) is 99.8 Å². The number of pyridine rings is 1. The van der Waals surface area contributed by atoms with Gasteiger partial charge in [-0.2, -0.15) is 5.10 Å². The summed E-state index contributed by atoms with van der Waals surface area (Å²) in [7, 11) is 0. The van der Waals surface area contributed by atoms with Crippen molar-refractivity contribution in [3.05, 3.63) is 41.6 Å². The minimum atomic E-state index is -0.595. The lowest BCUT2D eigenvalue weighted by atomic mass is 10.1. The maximum Gasteiger partial charge on any atom is 0.254 e. The molecule has 1 aromatic carbocycles. The van der Waals surface area contributed by atoms with Crippen LogP contribution in [0.1, 0.15) is 36.7 Å². The molecule has 0 saturated carbocycles. The fourth-order valence-electron chi connectivity index (χ4n) is 2.75. The van der Waals surface area contributed by atoms with Crippen LogP contribution in [0.2, 0.25) is 0 Å². The lowest BCUT2D eigenvalue weighted by Crippen LogP contribution is -2.25. The molecular weight excluding hydrogens is 302 g/mol. The van der Waals surface area contributed by atoms with Crippen LogP contribution in [-0.2, 0) is 5.54 Å². The Bertz CT molecular complexity index is 950. The van der Waals surface area contributed by atoms with Crippen LogP contribution in [0.5, 0.6) is 0 Å². The third-order valence-corrected chi connectivity index (χ3v) is 3.92. The van der Waals surface area contributed by atoms with Crippen molar-refractivity contribution in [1.82, 2.24) is 14.8 Å². The molecule has 2 heterocycles. The molecule has 0 saturated heterocycles. The number of carbonyl (C=O) groups is 1. The molecule has 1 amide bonds. The van der Waals surface area contributed by atoms with Crippen LogP contribution in [0.3, 0.4) is 0 Å². The monoisotopic (exact) mass is 323 g/mol. The second-order valence-corrected chi connectivity index (χ2v) is 6.98. The molecule has 0 aliphatic carbocycles. The Morgan fingerprint density at radius 2 is 1.92 bits per heavy atom. The van der Waals surface area contributed by atoms with Crippen LogP contribution < -0.4 is 11.5 Å². The predicted octanol–water partition coefficient (Wildman–Crippen LogP) is 2.84. The number of aryl methyl sites for hydroxylation is 1. The van der Waals surface area contributed by atoms with Gasteiger partial charge >= 0.3 is 0 Å². The van der Waals surface area contributed by atoms with Crippen LogP contribution in [0.4, 0.5) is 5.82 Å². The molecule has 0 spiro atoms. The van der Waals surface area contributed by atoms with E-state index in [0.29, 0.717) is 5.69 Å². The number of hydrogen-bond donors (Lipinski definition) is 2. The largest absolute Gasteiger partial charge is 0.383 e. The molecule has 0 aliphatic heterocycles. The zero-order valence-electron chi connectivity index (χ0n) is 14.3. The lowest BCUT2D eigenvalue weighted by molar-refractivity contribution is 0.100. The molecule has 6 heteroatoms. The number of nitrogens with zero attached hydrogens (tertiary/aromatic N) is 3. The van der Waals surface area contributed by atoms with E-state index in [1.54, 1.807) is 10.9 Å². The van der Waals surface area contributed by atoms with Crippen molar-refractivity contribution in [2.75, 3.05) is 5.73 Å².